The maximum Gasteiger partial charge on any atom is 0.275 e. The average Bonchev–Trinajstić information content (AvgIpc) is 2.74. The van der Waals surface area contributed by atoms with Gasteiger partial charge in [0.2, 0.25) is 10.0 Å². The predicted octanol–water partition coefficient (Wildman–Crippen LogP) is -0.424. The highest BCUT2D eigenvalue weighted by atomic mass is 32.2. The molecule has 0 radical (unpaired) electrons. The Labute approximate surface area is 118 Å². The monoisotopic (exact) mass is 301 g/mol. The molecule has 1 amide bonds. The SMILES string of the molecule is CCCS(=O)(=O)N1CC(n2cc(C(=O)N(C)C)nn2)C1. The summed E-state index contributed by atoms with van der Waals surface area (Å²) < 4.78 is 26.6. The molecule has 1 aromatic heterocycles. The molecule has 0 bridgehead atoms. The highest BCUT2D eigenvalue weighted by Gasteiger charge is 2.37. The number of carbonyl (C=O) groups excluding carboxylic acids is 1. The number of sulfonamides is 1. The Morgan fingerprint density at radius 2 is 2.10 bits per heavy atom. The first-order valence-electron chi connectivity index (χ1n) is 6.46. The number of hydrogen-bond donors (Lipinski definition) is 0. The third-order valence-electron chi connectivity index (χ3n) is 3.19. The van der Waals surface area contributed by atoms with Crippen molar-refractivity contribution < 1.29 is 13.2 Å². The fourth-order valence-electron chi connectivity index (χ4n) is 1.98. The van der Waals surface area contributed by atoms with Gasteiger partial charge in [0.25, 0.3) is 5.91 Å². The van der Waals surface area contributed by atoms with Crippen LogP contribution in [0.3, 0.4) is 0 Å². The van der Waals surface area contributed by atoms with E-state index in [1.807, 2.05) is 6.92 Å². The van der Waals surface area contributed by atoms with E-state index in [9.17, 15) is 13.2 Å². The molecular formula is C11H19N5O3S. The maximum absolute atomic E-state index is 11.8. The molecule has 0 atom stereocenters. The zero-order valence-corrected chi connectivity index (χ0v) is 12.7. The molecule has 0 spiro atoms. The molecule has 0 saturated carbocycles. The van der Waals surface area contributed by atoms with Crippen LogP contribution in [0.2, 0.25) is 0 Å². The summed E-state index contributed by atoms with van der Waals surface area (Å²) >= 11 is 0. The second-order valence-corrected chi connectivity index (χ2v) is 7.16. The zero-order chi connectivity index (χ0) is 14.9. The number of nitrogens with zero attached hydrogens (tertiary/aromatic N) is 5. The first-order valence-corrected chi connectivity index (χ1v) is 8.07. The third kappa shape index (κ3) is 2.83. The van der Waals surface area contributed by atoms with Gasteiger partial charge in [0, 0.05) is 27.2 Å². The molecule has 9 heteroatoms. The smallest absolute Gasteiger partial charge is 0.275 e. The van der Waals surface area contributed by atoms with Crippen molar-refractivity contribution in [3.63, 3.8) is 0 Å². The van der Waals surface area contributed by atoms with Gasteiger partial charge < -0.3 is 4.90 Å². The van der Waals surface area contributed by atoms with Gasteiger partial charge in [-0.05, 0) is 6.42 Å². The van der Waals surface area contributed by atoms with E-state index in [1.165, 1.54) is 9.21 Å². The highest BCUT2D eigenvalue weighted by Crippen LogP contribution is 2.24. The Morgan fingerprint density at radius 1 is 1.45 bits per heavy atom. The van der Waals surface area contributed by atoms with Crippen LogP contribution in [-0.4, -0.2) is 71.5 Å². The molecule has 112 valence electrons. The Hall–Kier alpha value is -1.48. The first kappa shape index (κ1) is 14.9. The van der Waals surface area contributed by atoms with Crippen molar-refractivity contribution in [1.82, 2.24) is 24.2 Å². The lowest BCUT2D eigenvalue weighted by atomic mass is 10.2. The van der Waals surface area contributed by atoms with Crippen molar-refractivity contribution in [2.24, 2.45) is 0 Å². The summed E-state index contributed by atoms with van der Waals surface area (Å²) in [6.07, 6.45) is 2.17. The summed E-state index contributed by atoms with van der Waals surface area (Å²) in [4.78, 5) is 13.1. The topological polar surface area (TPSA) is 88.4 Å². The normalized spacial score (nSPS) is 16.9. The summed E-state index contributed by atoms with van der Waals surface area (Å²) in [6.45, 7) is 2.62. The van der Waals surface area contributed by atoms with Gasteiger partial charge in [-0.3, -0.25) is 4.79 Å². The van der Waals surface area contributed by atoms with Crippen molar-refractivity contribution in [2.75, 3.05) is 32.9 Å². The molecule has 20 heavy (non-hydrogen) atoms. The van der Waals surface area contributed by atoms with Crippen molar-refractivity contribution in [3.05, 3.63) is 11.9 Å². The molecule has 2 heterocycles. The lowest BCUT2D eigenvalue weighted by Crippen LogP contribution is -2.51. The minimum absolute atomic E-state index is 0.0437. The van der Waals surface area contributed by atoms with Gasteiger partial charge in [0.1, 0.15) is 0 Å². The Balaban J connectivity index is 1.99. The van der Waals surface area contributed by atoms with Crippen LogP contribution in [0.25, 0.3) is 0 Å². The fourth-order valence-corrected chi connectivity index (χ4v) is 3.55. The standard InChI is InChI=1S/C11H19N5O3S/c1-4-5-20(18,19)15-6-9(7-15)16-8-10(12-13-16)11(17)14(2)3/h8-9H,4-7H2,1-3H3. The first-order chi connectivity index (χ1) is 9.35. The molecule has 2 rings (SSSR count). The van der Waals surface area contributed by atoms with Gasteiger partial charge in [-0.2, -0.15) is 4.31 Å². The van der Waals surface area contributed by atoms with Gasteiger partial charge in [0.05, 0.1) is 18.0 Å². The molecule has 8 nitrogen and oxygen atoms in total. The lowest BCUT2D eigenvalue weighted by Gasteiger charge is -2.37. The van der Waals surface area contributed by atoms with Crippen molar-refractivity contribution >= 4 is 15.9 Å². The summed E-state index contributed by atoms with van der Waals surface area (Å²) in [5.74, 6) is -0.0485. The number of carbonyl (C=O) groups is 1. The summed E-state index contributed by atoms with van der Waals surface area (Å²) in [7, 11) is 0.144. The van der Waals surface area contributed by atoms with E-state index < -0.39 is 10.0 Å². The Bertz CT molecular complexity index is 589. The van der Waals surface area contributed by atoms with Gasteiger partial charge in [-0.1, -0.05) is 12.1 Å². The van der Waals surface area contributed by atoms with Crippen LogP contribution in [0.15, 0.2) is 6.20 Å². The quantitative estimate of drug-likeness (QED) is 0.737. The number of aromatic nitrogens is 3. The van der Waals surface area contributed by atoms with E-state index in [1.54, 1.807) is 25.0 Å². The van der Waals surface area contributed by atoms with Crippen molar-refractivity contribution in [1.29, 1.82) is 0 Å². The average molecular weight is 301 g/mol. The molecule has 0 aliphatic carbocycles. The lowest BCUT2D eigenvalue weighted by molar-refractivity contribution is 0.0821. The van der Waals surface area contributed by atoms with E-state index >= 15 is 0 Å². The molecule has 1 aliphatic heterocycles. The van der Waals surface area contributed by atoms with Crippen LogP contribution < -0.4 is 0 Å². The third-order valence-corrected chi connectivity index (χ3v) is 5.20. The number of hydrogen-bond acceptors (Lipinski definition) is 5. The van der Waals surface area contributed by atoms with Gasteiger partial charge in [-0.15, -0.1) is 5.10 Å². The highest BCUT2D eigenvalue weighted by molar-refractivity contribution is 7.89. The second kappa shape index (κ2) is 5.49. The summed E-state index contributed by atoms with van der Waals surface area (Å²) in [6, 6.07) is -0.0437. The van der Waals surface area contributed by atoms with E-state index in [4.69, 9.17) is 0 Å². The van der Waals surface area contributed by atoms with Gasteiger partial charge in [0.15, 0.2) is 5.69 Å². The molecule has 0 unspecified atom stereocenters. The van der Waals surface area contributed by atoms with E-state index in [-0.39, 0.29) is 23.4 Å². The molecular weight excluding hydrogens is 282 g/mol. The Kier molecular flexibility index (Phi) is 4.09. The minimum Gasteiger partial charge on any atom is -0.343 e. The minimum atomic E-state index is -3.14. The van der Waals surface area contributed by atoms with Crippen LogP contribution in [0.4, 0.5) is 0 Å². The van der Waals surface area contributed by atoms with E-state index in [0.717, 1.165) is 0 Å². The molecule has 1 fully saturated rings. The van der Waals surface area contributed by atoms with Crippen LogP contribution in [-0.2, 0) is 10.0 Å². The number of rotatable bonds is 5. The zero-order valence-electron chi connectivity index (χ0n) is 11.9. The number of amides is 1. The molecule has 0 N–H and O–H groups in total. The summed E-state index contributed by atoms with van der Waals surface area (Å²) in [5, 5.41) is 7.72. The van der Waals surface area contributed by atoms with Crippen LogP contribution >= 0.6 is 0 Å². The van der Waals surface area contributed by atoms with Crippen LogP contribution in [0, 0.1) is 0 Å². The van der Waals surface area contributed by atoms with E-state index in [0.29, 0.717) is 19.5 Å². The second-order valence-electron chi connectivity index (χ2n) is 5.07. The van der Waals surface area contributed by atoms with Crippen molar-refractivity contribution in [3.8, 4) is 0 Å². The van der Waals surface area contributed by atoms with Crippen molar-refractivity contribution in [2.45, 2.75) is 19.4 Å². The molecule has 1 aliphatic rings. The van der Waals surface area contributed by atoms with Gasteiger partial charge in [-0.25, -0.2) is 13.1 Å². The van der Waals surface area contributed by atoms with Crippen LogP contribution in [0.5, 0.6) is 0 Å². The molecule has 1 saturated heterocycles. The van der Waals surface area contributed by atoms with Gasteiger partial charge >= 0.3 is 0 Å². The van der Waals surface area contributed by atoms with Crippen LogP contribution in [0.1, 0.15) is 29.9 Å². The molecule has 1 aromatic rings. The van der Waals surface area contributed by atoms with E-state index in [2.05, 4.69) is 10.3 Å². The maximum atomic E-state index is 11.8. The fraction of sp³-hybridized carbons (Fsp3) is 0.727. The Morgan fingerprint density at radius 3 is 2.65 bits per heavy atom. The largest absolute Gasteiger partial charge is 0.343 e. The predicted molar refractivity (Wildman–Crippen MR) is 72.7 cm³/mol. The molecule has 0 aromatic carbocycles. The summed E-state index contributed by atoms with van der Waals surface area (Å²) in [5.41, 5.74) is 0.268.